The van der Waals surface area contributed by atoms with E-state index >= 15 is 0 Å². The molecule has 0 fully saturated rings. The Balaban J connectivity index is 0.00000480. The zero-order valence-corrected chi connectivity index (χ0v) is 32.2. The molecular formula is C45H41N5OPt-2. The quantitative estimate of drug-likeness (QED) is 0.118. The predicted molar refractivity (Wildman–Crippen MR) is 204 cm³/mol. The monoisotopic (exact) mass is 866 g/mol. The van der Waals surface area contributed by atoms with E-state index in [-0.39, 0.29) is 21.1 Å². The molecular weight excluding hydrogens is 822 g/mol. The summed E-state index contributed by atoms with van der Waals surface area (Å²) in [5.74, 6) is 1.42. The van der Waals surface area contributed by atoms with Crippen LogP contribution >= 0.6 is 0 Å². The summed E-state index contributed by atoms with van der Waals surface area (Å²) >= 11 is 0. The molecule has 0 aliphatic carbocycles. The van der Waals surface area contributed by atoms with Gasteiger partial charge in [0.25, 0.3) is 6.33 Å². The number of hydrogen-bond acceptors (Lipinski definition) is 3. The molecule has 0 atom stereocenters. The summed E-state index contributed by atoms with van der Waals surface area (Å²) in [6, 6.07) is 37.8. The molecule has 0 spiro atoms. The molecule has 0 saturated carbocycles. The molecule has 0 aliphatic rings. The zero-order valence-electron chi connectivity index (χ0n) is 33.9. The molecule has 0 radical (unpaired) electrons. The van der Waals surface area contributed by atoms with Crippen LogP contribution in [0, 0.1) is 29.3 Å². The van der Waals surface area contributed by atoms with Gasteiger partial charge in [0.1, 0.15) is 5.82 Å². The molecule has 0 amide bonds. The molecule has 0 bridgehead atoms. The molecule has 8 aromatic rings. The minimum absolute atomic E-state index is 0. The maximum atomic E-state index is 8.92. The summed E-state index contributed by atoms with van der Waals surface area (Å²) in [7, 11) is 0. The van der Waals surface area contributed by atoms with Crippen LogP contribution in [0.25, 0.3) is 50.0 Å². The molecule has 0 unspecified atom stereocenters. The molecule has 0 N–H and O–H groups in total. The van der Waals surface area contributed by atoms with Crippen molar-refractivity contribution in [1.82, 2.24) is 19.1 Å². The van der Waals surface area contributed by atoms with Crippen molar-refractivity contribution in [2.45, 2.75) is 54.3 Å². The zero-order chi connectivity index (χ0) is 38.9. The summed E-state index contributed by atoms with van der Waals surface area (Å²) in [6.07, 6.45) is 5.28. The van der Waals surface area contributed by atoms with Crippen LogP contribution in [0.1, 0.15) is 58.2 Å². The van der Waals surface area contributed by atoms with Crippen molar-refractivity contribution >= 4 is 32.8 Å². The van der Waals surface area contributed by atoms with Crippen LogP contribution in [0.15, 0.2) is 116 Å². The van der Waals surface area contributed by atoms with Crippen LogP contribution in [0.3, 0.4) is 0 Å². The Kier molecular flexibility index (Phi) is 8.12. The average Bonchev–Trinajstić information content (AvgIpc) is 3.70. The van der Waals surface area contributed by atoms with E-state index in [0.29, 0.717) is 34.1 Å². The van der Waals surface area contributed by atoms with Gasteiger partial charge in [-0.3, -0.25) is 4.57 Å². The average molecular weight is 867 g/mol. The van der Waals surface area contributed by atoms with E-state index < -0.39 is 23.6 Å². The summed E-state index contributed by atoms with van der Waals surface area (Å²) in [5, 5.41) is 1.98. The second-order valence-electron chi connectivity index (χ2n) is 14.8. The van der Waals surface area contributed by atoms with Gasteiger partial charge in [-0.15, -0.1) is 23.6 Å². The fourth-order valence-corrected chi connectivity index (χ4v) is 6.46. The molecule has 4 aromatic carbocycles. The van der Waals surface area contributed by atoms with E-state index in [1.54, 1.807) is 24.7 Å². The summed E-state index contributed by atoms with van der Waals surface area (Å²) < 4.78 is 47.8. The van der Waals surface area contributed by atoms with Gasteiger partial charge in [0.15, 0.2) is 0 Å². The second kappa shape index (κ2) is 13.8. The van der Waals surface area contributed by atoms with Gasteiger partial charge in [-0.05, 0) is 76.7 Å². The molecule has 264 valence electrons. The Morgan fingerprint density at radius 2 is 1.46 bits per heavy atom. The Hall–Kier alpha value is -5.06. The number of pyridine rings is 2. The number of benzene rings is 4. The first-order valence-corrected chi connectivity index (χ1v) is 17.1. The Morgan fingerprint density at radius 1 is 0.731 bits per heavy atom. The summed E-state index contributed by atoms with van der Waals surface area (Å²) in [5.41, 5.74) is 4.73. The van der Waals surface area contributed by atoms with Gasteiger partial charge < -0.3 is 18.9 Å². The molecule has 52 heavy (non-hydrogen) atoms. The topological polar surface area (TPSA) is 48.8 Å². The Bertz CT molecular complexity index is 2740. The van der Waals surface area contributed by atoms with E-state index in [9.17, 15) is 0 Å². The third-order valence-corrected chi connectivity index (χ3v) is 8.34. The minimum Gasteiger partial charge on any atom is -0.508 e. The van der Waals surface area contributed by atoms with E-state index in [0.717, 1.165) is 38.5 Å². The Labute approximate surface area is 325 Å². The van der Waals surface area contributed by atoms with Crippen molar-refractivity contribution in [2.75, 3.05) is 0 Å². The number of nitrogens with zero attached hydrogens (tertiary/aromatic N) is 5. The summed E-state index contributed by atoms with van der Waals surface area (Å²) in [4.78, 5) is 9.22. The maximum absolute atomic E-state index is 8.92. The van der Waals surface area contributed by atoms with E-state index in [1.165, 1.54) is 0 Å². The summed E-state index contributed by atoms with van der Waals surface area (Å²) in [6.45, 7) is 11.4. The second-order valence-corrected chi connectivity index (χ2v) is 14.8. The predicted octanol–water partition coefficient (Wildman–Crippen LogP) is 10.2. The van der Waals surface area contributed by atoms with Crippen molar-refractivity contribution in [2.24, 2.45) is 10.8 Å². The molecule has 6 nitrogen and oxygen atoms in total. The largest absolute Gasteiger partial charge is 0.508 e. The number of para-hydroxylation sites is 3. The number of hydrogen-bond donors (Lipinski definition) is 0. The number of rotatable bonds is 7. The van der Waals surface area contributed by atoms with Crippen molar-refractivity contribution in [3.05, 3.63) is 145 Å². The molecule has 8 rings (SSSR count). The van der Waals surface area contributed by atoms with Crippen LogP contribution in [0.4, 0.5) is 0 Å². The maximum Gasteiger partial charge on any atom is 0.268 e. The number of aromatic nitrogens is 5. The van der Waals surface area contributed by atoms with Crippen molar-refractivity contribution in [3.8, 4) is 28.7 Å². The van der Waals surface area contributed by atoms with Gasteiger partial charge in [-0.1, -0.05) is 113 Å². The first-order chi connectivity index (χ1) is 26.0. The van der Waals surface area contributed by atoms with Crippen molar-refractivity contribution < 1.29 is 35.9 Å². The molecule has 0 aliphatic heterocycles. The third kappa shape index (κ3) is 7.18. The number of fused-ring (bicyclic) bond motifs is 4. The van der Waals surface area contributed by atoms with Gasteiger partial charge in [0, 0.05) is 49.8 Å². The van der Waals surface area contributed by atoms with E-state index in [2.05, 4.69) is 29.5 Å². The first-order valence-electron chi connectivity index (χ1n) is 19.1. The smallest absolute Gasteiger partial charge is 0.268 e. The number of ether oxygens (including phenoxy) is 1. The number of imidazole rings is 1. The SMILES string of the molecule is [2H]C([2H])(c1cccc(-[n+]2[c-]n(-c3[c-]c(Oc4[c-]c5c(cc4)c4ccccc4n5-c4cc(C([2H])([2H])C(C)(C)C)ccn4)cnc3)c3ccccc32)c1)C(C)(C)C.[Pt]. The van der Waals surface area contributed by atoms with Crippen molar-refractivity contribution in [3.63, 3.8) is 0 Å². The molecule has 7 heteroatoms. The van der Waals surface area contributed by atoms with E-state index in [1.807, 2.05) is 140 Å². The van der Waals surface area contributed by atoms with Crippen LogP contribution < -0.4 is 9.30 Å². The fraction of sp³-hybridized carbons (Fsp3) is 0.222. The van der Waals surface area contributed by atoms with Gasteiger partial charge in [-0.2, -0.15) is 6.07 Å². The third-order valence-electron chi connectivity index (χ3n) is 8.34. The van der Waals surface area contributed by atoms with E-state index in [4.69, 9.17) is 15.2 Å². The van der Waals surface area contributed by atoms with Crippen LogP contribution in [0.2, 0.25) is 0 Å². The fourth-order valence-electron chi connectivity index (χ4n) is 6.46. The van der Waals surface area contributed by atoms with Crippen LogP contribution in [-0.2, 0) is 33.8 Å². The van der Waals surface area contributed by atoms with Gasteiger partial charge in [0.05, 0.1) is 16.7 Å². The van der Waals surface area contributed by atoms with Gasteiger partial charge in [-0.25, -0.2) is 4.98 Å². The standard InChI is InChI=1S/C45H41N5O.Pt/c1-44(2,3)26-31-12-11-13-33(22-31)48-30-49(41-17-10-9-16-40(41)48)34-24-36(29-46-28-34)51-35-18-19-38-37-14-7-8-15-39(37)50(42(38)25-35)43-23-32(20-21-47-43)27-45(4,5)6;/h7-23,28-29H,26-27H2,1-6H3;/q-2;/i26D2,27D2;. The van der Waals surface area contributed by atoms with Gasteiger partial charge in [0.2, 0.25) is 0 Å². The van der Waals surface area contributed by atoms with Crippen molar-refractivity contribution in [1.29, 1.82) is 0 Å². The van der Waals surface area contributed by atoms with Crippen LogP contribution in [0.5, 0.6) is 11.5 Å². The minimum atomic E-state index is -1.59. The van der Waals surface area contributed by atoms with Crippen LogP contribution in [-0.4, -0.2) is 19.1 Å². The molecule has 4 aromatic heterocycles. The normalized spacial score (nSPS) is 13.7. The van der Waals surface area contributed by atoms with Gasteiger partial charge >= 0.3 is 0 Å². The molecule has 4 heterocycles. The first kappa shape index (κ1) is 30.6. The molecule has 0 saturated heterocycles. The Morgan fingerprint density at radius 3 is 2.25 bits per heavy atom.